The van der Waals surface area contributed by atoms with E-state index >= 15 is 0 Å². The Morgan fingerprint density at radius 1 is 1.23 bits per heavy atom. The van der Waals surface area contributed by atoms with Crippen LogP contribution < -0.4 is 0 Å². The molecule has 0 heterocycles. The molecule has 0 fully saturated rings. The fraction of sp³-hybridized carbons (Fsp3) is 0.900. The highest BCUT2D eigenvalue weighted by Gasteiger charge is 2.30. The second-order valence-corrected chi connectivity index (χ2v) is 3.43. The van der Waals surface area contributed by atoms with E-state index in [1.165, 1.54) is 0 Å². The highest BCUT2D eigenvalue weighted by atomic mass is 16.3. The average molecular weight is 186 g/mol. The van der Waals surface area contributed by atoms with Crippen LogP contribution in [0, 0.1) is 0 Å². The summed E-state index contributed by atoms with van der Waals surface area (Å²) in [6.07, 6.45) is 1.42. The van der Waals surface area contributed by atoms with Crippen LogP contribution in [0.5, 0.6) is 0 Å². The quantitative estimate of drug-likeness (QED) is 0.534. The molecule has 0 aromatic carbocycles. The van der Waals surface area contributed by atoms with E-state index in [0.717, 1.165) is 12.4 Å². The van der Waals surface area contributed by atoms with Crippen molar-refractivity contribution in [1.82, 2.24) is 4.90 Å². The molecule has 0 aliphatic rings. The predicted molar refractivity (Wildman–Crippen MR) is 57.2 cm³/mol. The zero-order chi connectivity index (χ0) is 10.5. The maximum absolute atomic E-state index is 10.2. The second-order valence-electron chi connectivity index (χ2n) is 3.43. The van der Waals surface area contributed by atoms with E-state index in [0.29, 0.717) is 12.8 Å². The first-order valence-electron chi connectivity index (χ1n) is 4.96. The van der Waals surface area contributed by atoms with Crippen LogP contribution in [0.4, 0.5) is 0 Å². The average Bonchev–Trinajstić information content (AvgIpc) is 2.12. The number of likely N-dealkylation sites (N-methyl/N-ethyl adjacent to an activating group) is 1. The molecule has 0 atom stereocenters. The van der Waals surface area contributed by atoms with Crippen molar-refractivity contribution in [3.05, 3.63) is 0 Å². The number of hydrogen-bond donors (Lipinski definition) is 1. The molecule has 0 rings (SSSR count). The van der Waals surface area contributed by atoms with Crippen LogP contribution in [0.25, 0.3) is 0 Å². The van der Waals surface area contributed by atoms with E-state index < -0.39 is 5.60 Å². The first-order chi connectivity index (χ1) is 6.01. The monoisotopic (exact) mass is 186 g/mol. The van der Waals surface area contributed by atoms with E-state index in [9.17, 15) is 5.11 Å². The Hall–Kier alpha value is -0.570. The van der Waals surface area contributed by atoms with Crippen molar-refractivity contribution in [2.45, 2.75) is 39.2 Å². The molecule has 1 N–H and O–H groups in total. The lowest BCUT2D eigenvalue weighted by molar-refractivity contribution is 0.0920. The van der Waals surface area contributed by atoms with Crippen molar-refractivity contribution in [3.8, 4) is 0 Å². The van der Waals surface area contributed by atoms with Gasteiger partial charge in [0.25, 0.3) is 0 Å². The van der Waals surface area contributed by atoms with Gasteiger partial charge in [-0.05, 0) is 19.8 Å². The van der Waals surface area contributed by atoms with E-state index in [2.05, 4.69) is 4.99 Å². The standard InChI is InChI=1S/C10H22N2O/c1-6-10(13,7-2)9(11-8-3)12(4)5/h13H,6-8H2,1-5H3. The Kier molecular flexibility index (Phi) is 4.99. The molecule has 0 radical (unpaired) electrons. The Bertz CT molecular complexity index is 172. The Morgan fingerprint density at radius 2 is 1.69 bits per heavy atom. The second kappa shape index (κ2) is 5.22. The molecule has 3 heteroatoms. The lowest BCUT2D eigenvalue weighted by Crippen LogP contribution is -2.45. The van der Waals surface area contributed by atoms with Crippen molar-refractivity contribution in [2.75, 3.05) is 20.6 Å². The van der Waals surface area contributed by atoms with E-state index in [1.807, 2.05) is 39.8 Å². The summed E-state index contributed by atoms with van der Waals surface area (Å²) in [7, 11) is 3.84. The molecule has 3 nitrogen and oxygen atoms in total. The summed E-state index contributed by atoms with van der Waals surface area (Å²) in [6.45, 7) is 6.67. The number of amidine groups is 1. The Morgan fingerprint density at radius 3 is 1.92 bits per heavy atom. The van der Waals surface area contributed by atoms with Gasteiger partial charge in [-0.3, -0.25) is 4.99 Å². The molecule has 0 saturated carbocycles. The SMILES string of the molecule is CCN=C(N(C)C)C(O)(CC)CC. The van der Waals surface area contributed by atoms with Gasteiger partial charge in [-0.15, -0.1) is 0 Å². The van der Waals surface area contributed by atoms with Gasteiger partial charge in [0.15, 0.2) is 0 Å². The summed E-state index contributed by atoms with van der Waals surface area (Å²) in [6, 6.07) is 0. The van der Waals surface area contributed by atoms with E-state index in [4.69, 9.17) is 0 Å². The van der Waals surface area contributed by atoms with Gasteiger partial charge in [0.05, 0.1) is 0 Å². The molecule has 0 aliphatic heterocycles. The molecule has 0 aliphatic carbocycles. The minimum atomic E-state index is -0.750. The van der Waals surface area contributed by atoms with Crippen molar-refractivity contribution < 1.29 is 5.11 Å². The van der Waals surface area contributed by atoms with Gasteiger partial charge in [0.1, 0.15) is 11.4 Å². The number of hydrogen-bond acceptors (Lipinski definition) is 2. The van der Waals surface area contributed by atoms with Gasteiger partial charge < -0.3 is 10.0 Å². The van der Waals surface area contributed by atoms with Gasteiger partial charge in [-0.25, -0.2) is 0 Å². The first kappa shape index (κ1) is 12.4. The summed E-state index contributed by atoms with van der Waals surface area (Å²) in [5, 5.41) is 10.2. The molecular weight excluding hydrogens is 164 g/mol. The smallest absolute Gasteiger partial charge is 0.131 e. The fourth-order valence-electron chi connectivity index (χ4n) is 1.42. The molecule has 0 aromatic heterocycles. The van der Waals surface area contributed by atoms with Crippen LogP contribution in [0.2, 0.25) is 0 Å². The van der Waals surface area contributed by atoms with Gasteiger partial charge in [0.2, 0.25) is 0 Å². The van der Waals surface area contributed by atoms with E-state index in [-0.39, 0.29) is 0 Å². The summed E-state index contributed by atoms with van der Waals surface area (Å²) in [5.41, 5.74) is -0.750. The summed E-state index contributed by atoms with van der Waals surface area (Å²) in [5.74, 6) is 0.792. The topological polar surface area (TPSA) is 35.8 Å². The lowest BCUT2D eigenvalue weighted by atomic mass is 9.95. The molecule has 0 amide bonds. The summed E-state index contributed by atoms with van der Waals surface area (Å²) in [4.78, 5) is 6.23. The zero-order valence-corrected chi connectivity index (χ0v) is 9.46. The molecule has 13 heavy (non-hydrogen) atoms. The fourth-order valence-corrected chi connectivity index (χ4v) is 1.42. The van der Waals surface area contributed by atoms with Crippen LogP contribution in [-0.2, 0) is 0 Å². The number of aliphatic imine (C=N–C) groups is 1. The molecule has 0 aromatic rings. The zero-order valence-electron chi connectivity index (χ0n) is 9.46. The van der Waals surface area contributed by atoms with Crippen LogP contribution in [0.3, 0.4) is 0 Å². The first-order valence-corrected chi connectivity index (χ1v) is 4.96. The largest absolute Gasteiger partial charge is 0.382 e. The van der Waals surface area contributed by atoms with E-state index in [1.54, 1.807) is 0 Å². The van der Waals surface area contributed by atoms with Crippen molar-refractivity contribution in [1.29, 1.82) is 0 Å². The minimum absolute atomic E-state index is 0.709. The number of nitrogens with zero attached hydrogens (tertiary/aromatic N) is 2. The van der Waals surface area contributed by atoms with Crippen LogP contribution in [-0.4, -0.2) is 42.1 Å². The van der Waals surface area contributed by atoms with Gasteiger partial charge in [0, 0.05) is 20.6 Å². The lowest BCUT2D eigenvalue weighted by Gasteiger charge is -2.31. The molecule has 0 spiro atoms. The van der Waals surface area contributed by atoms with Crippen molar-refractivity contribution in [2.24, 2.45) is 4.99 Å². The van der Waals surface area contributed by atoms with Crippen LogP contribution in [0.15, 0.2) is 4.99 Å². The third kappa shape index (κ3) is 2.99. The highest BCUT2D eigenvalue weighted by Crippen LogP contribution is 2.18. The van der Waals surface area contributed by atoms with Crippen LogP contribution >= 0.6 is 0 Å². The third-order valence-corrected chi connectivity index (χ3v) is 2.32. The molecule has 0 unspecified atom stereocenters. The van der Waals surface area contributed by atoms with Crippen LogP contribution in [0.1, 0.15) is 33.6 Å². The van der Waals surface area contributed by atoms with Gasteiger partial charge in [-0.1, -0.05) is 13.8 Å². The number of aliphatic hydroxyl groups is 1. The molecule has 0 saturated heterocycles. The highest BCUT2D eigenvalue weighted by molar-refractivity contribution is 5.89. The molecular formula is C10H22N2O. The third-order valence-electron chi connectivity index (χ3n) is 2.32. The van der Waals surface area contributed by atoms with Crippen molar-refractivity contribution in [3.63, 3.8) is 0 Å². The number of rotatable bonds is 4. The predicted octanol–water partition coefficient (Wildman–Crippen LogP) is 1.52. The van der Waals surface area contributed by atoms with Crippen molar-refractivity contribution >= 4 is 5.84 Å². The Balaban J connectivity index is 4.80. The maximum Gasteiger partial charge on any atom is 0.131 e. The maximum atomic E-state index is 10.2. The van der Waals surface area contributed by atoms with Gasteiger partial charge >= 0.3 is 0 Å². The molecule has 0 bridgehead atoms. The molecule has 78 valence electrons. The minimum Gasteiger partial charge on any atom is -0.382 e. The summed E-state index contributed by atoms with van der Waals surface area (Å²) < 4.78 is 0. The Labute approximate surface area is 81.5 Å². The van der Waals surface area contributed by atoms with Gasteiger partial charge in [-0.2, -0.15) is 0 Å². The normalized spacial score (nSPS) is 13.2. The summed E-state index contributed by atoms with van der Waals surface area (Å²) >= 11 is 0.